The minimum Gasteiger partial charge on any atom is -0.465 e. The zero-order valence-corrected chi connectivity index (χ0v) is 13.2. The summed E-state index contributed by atoms with van der Waals surface area (Å²) in [6, 6.07) is 5.03. The molecule has 0 unspecified atom stereocenters. The van der Waals surface area contributed by atoms with Crippen LogP contribution >= 0.6 is 12.4 Å². The van der Waals surface area contributed by atoms with Crippen molar-refractivity contribution < 1.29 is 19.1 Å². The van der Waals surface area contributed by atoms with Gasteiger partial charge in [-0.25, -0.2) is 4.79 Å². The zero-order chi connectivity index (χ0) is 15.0. The first-order valence-corrected chi connectivity index (χ1v) is 6.27. The first-order valence-electron chi connectivity index (χ1n) is 6.27. The summed E-state index contributed by atoms with van der Waals surface area (Å²) in [5.74, 6) is -0.607. The summed E-state index contributed by atoms with van der Waals surface area (Å²) >= 11 is 0. The maximum atomic E-state index is 11.7. The fourth-order valence-electron chi connectivity index (χ4n) is 1.57. The van der Waals surface area contributed by atoms with Crippen molar-refractivity contribution >= 4 is 30.0 Å². The molecule has 0 aliphatic rings. The smallest absolute Gasteiger partial charge is 0.337 e. The Labute approximate surface area is 130 Å². The van der Waals surface area contributed by atoms with Crippen LogP contribution in [0.3, 0.4) is 0 Å². The highest BCUT2D eigenvalue weighted by atomic mass is 35.5. The average Bonchev–Trinajstić information content (AvgIpc) is 2.45. The second-order valence-corrected chi connectivity index (χ2v) is 4.24. The van der Waals surface area contributed by atoms with Crippen molar-refractivity contribution in [1.29, 1.82) is 0 Å². The van der Waals surface area contributed by atoms with Gasteiger partial charge < -0.3 is 20.1 Å². The van der Waals surface area contributed by atoms with Gasteiger partial charge in [-0.05, 0) is 24.6 Å². The third-order valence-corrected chi connectivity index (χ3v) is 2.70. The molecule has 0 saturated carbocycles. The lowest BCUT2D eigenvalue weighted by Gasteiger charge is -2.10. The lowest BCUT2D eigenvalue weighted by Crippen LogP contribution is -2.30. The van der Waals surface area contributed by atoms with E-state index in [4.69, 9.17) is 4.74 Å². The number of methoxy groups -OCH3 is 2. The van der Waals surface area contributed by atoms with Gasteiger partial charge in [0.15, 0.2) is 0 Å². The van der Waals surface area contributed by atoms with Gasteiger partial charge in [-0.2, -0.15) is 0 Å². The summed E-state index contributed by atoms with van der Waals surface area (Å²) in [4.78, 5) is 23.2. The van der Waals surface area contributed by atoms with Crippen LogP contribution in [-0.2, 0) is 14.3 Å². The number of ether oxygens (including phenoxy) is 2. The van der Waals surface area contributed by atoms with E-state index in [1.165, 1.54) is 7.11 Å². The van der Waals surface area contributed by atoms with Crippen LogP contribution in [0.2, 0.25) is 0 Å². The Kier molecular flexibility index (Phi) is 9.36. The van der Waals surface area contributed by atoms with Gasteiger partial charge in [-0.3, -0.25) is 4.79 Å². The predicted molar refractivity (Wildman–Crippen MR) is 83.1 cm³/mol. The maximum Gasteiger partial charge on any atom is 0.337 e. The van der Waals surface area contributed by atoms with Gasteiger partial charge in [0, 0.05) is 19.3 Å². The number of halogens is 1. The molecule has 0 aliphatic carbocycles. The number of aryl methyl sites for hydroxylation is 1. The molecule has 0 spiro atoms. The Hall–Kier alpha value is -1.63. The van der Waals surface area contributed by atoms with E-state index in [0.717, 1.165) is 5.56 Å². The van der Waals surface area contributed by atoms with E-state index in [-0.39, 0.29) is 24.9 Å². The van der Waals surface area contributed by atoms with Crippen molar-refractivity contribution in [2.24, 2.45) is 0 Å². The van der Waals surface area contributed by atoms with Gasteiger partial charge in [0.25, 0.3) is 0 Å². The molecule has 21 heavy (non-hydrogen) atoms. The normalized spacial score (nSPS) is 9.67. The number of esters is 1. The molecular weight excluding hydrogens is 296 g/mol. The summed E-state index contributed by atoms with van der Waals surface area (Å²) in [7, 11) is 2.92. The molecule has 0 saturated heterocycles. The molecule has 1 amide bonds. The predicted octanol–water partition coefficient (Wildman–Crippen LogP) is 1.38. The molecule has 1 rings (SSSR count). The van der Waals surface area contributed by atoms with Crippen LogP contribution in [0.15, 0.2) is 18.2 Å². The first-order chi connectivity index (χ1) is 9.58. The van der Waals surface area contributed by atoms with E-state index < -0.39 is 5.97 Å². The Morgan fingerprint density at radius 2 is 1.95 bits per heavy atom. The number of carbonyl (C=O) groups is 2. The molecule has 0 aromatic heterocycles. The number of anilines is 1. The topological polar surface area (TPSA) is 76.7 Å². The van der Waals surface area contributed by atoms with Gasteiger partial charge in [0.2, 0.25) is 5.91 Å². The quantitative estimate of drug-likeness (QED) is 0.587. The molecule has 0 radical (unpaired) electrons. The number of hydrogen-bond donors (Lipinski definition) is 2. The lowest BCUT2D eigenvalue weighted by molar-refractivity contribution is -0.115. The molecule has 0 fully saturated rings. The summed E-state index contributed by atoms with van der Waals surface area (Å²) in [6.45, 7) is 3.19. The molecule has 6 nitrogen and oxygen atoms in total. The Morgan fingerprint density at radius 3 is 2.57 bits per heavy atom. The van der Waals surface area contributed by atoms with Crippen molar-refractivity contribution in [3.8, 4) is 0 Å². The van der Waals surface area contributed by atoms with Crippen molar-refractivity contribution in [2.75, 3.05) is 39.2 Å². The monoisotopic (exact) mass is 316 g/mol. The van der Waals surface area contributed by atoms with Crippen molar-refractivity contribution in [3.63, 3.8) is 0 Å². The van der Waals surface area contributed by atoms with Crippen LogP contribution in [0.4, 0.5) is 5.69 Å². The van der Waals surface area contributed by atoms with E-state index in [2.05, 4.69) is 15.4 Å². The molecule has 0 atom stereocenters. The van der Waals surface area contributed by atoms with E-state index in [1.54, 1.807) is 25.3 Å². The second kappa shape index (κ2) is 10.1. The molecule has 7 heteroatoms. The minimum atomic E-state index is -0.432. The van der Waals surface area contributed by atoms with Crippen LogP contribution in [0.1, 0.15) is 15.9 Å². The van der Waals surface area contributed by atoms with Crippen molar-refractivity contribution in [2.45, 2.75) is 6.92 Å². The first kappa shape index (κ1) is 19.4. The zero-order valence-electron chi connectivity index (χ0n) is 12.4. The SMILES string of the molecule is COCCNCC(=O)Nc1cc(C(=O)OC)ccc1C.Cl. The Balaban J connectivity index is 0.00000400. The summed E-state index contributed by atoms with van der Waals surface area (Å²) in [5, 5.41) is 5.70. The largest absolute Gasteiger partial charge is 0.465 e. The van der Waals surface area contributed by atoms with Gasteiger partial charge in [0.1, 0.15) is 0 Å². The highest BCUT2D eigenvalue weighted by Crippen LogP contribution is 2.17. The van der Waals surface area contributed by atoms with E-state index in [9.17, 15) is 9.59 Å². The maximum absolute atomic E-state index is 11.7. The van der Waals surface area contributed by atoms with E-state index >= 15 is 0 Å². The van der Waals surface area contributed by atoms with E-state index in [1.807, 2.05) is 6.92 Å². The minimum absolute atomic E-state index is 0. The van der Waals surface area contributed by atoms with Gasteiger partial charge in [0.05, 0.1) is 25.8 Å². The fourth-order valence-corrected chi connectivity index (χ4v) is 1.57. The average molecular weight is 317 g/mol. The fraction of sp³-hybridized carbons (Fsp3) is 0.429. The second-order valence-electron chi connectivity index (χ2n) is 4.24. The highest BCUT2D eigenvalue weighted by molar-refractivity contribution is 5.96. The summed E-state index contributed by atoms with van der Waals surface area (Å²) in [5.41, 5.74) is 1.88. The summed E-state index contributed by atoms with van der Waals surface area (Å²) < 4.78 is 9.52. The van der Waals surface area contributed by atoms with Gasteiger partial charge in [-0.1, -0.05) is 6.07 Å². The number of carbonyl (C=O) groups excluding carboxylic acids is 2. The van der Waals surface area contributed by atoms with Crippen LogP contribution in [0.5, 0.6) is 0 Å². The molecule has 2 N–H and O–H groups in total. The Morgan fingerprint density at radius 1 is 1.24 bits per heavy atom. The van der Waals surface area contributed by atoms with Crippen LogP contribution in [0, 0.1) is 6.92 Å². The summed E-state index contributed by atoms with van der Waals surface area (Å²) in [6.07, 6.45) is 0. The third-order valence-electron chi connectivity index (χ3n) is 2.70. The molecule has 1 aromatic carbocycles. The van der Waals surface area contributed by atoms with Crippen molar-refractivity contribution in [3.05, 3.63) is 29.3 Å². The number of rotatable bonds is 7. The van der Waals surface area contributed by atoms with Crippen LogP contribution < -0.4 is 10.6 Å². The molecule has 118 valence electrons. The number of nitrogens with one attached hydrogen (secondary N) is 2. The molecular formula is C14H21ClN2O4. The van der Waals surface area contributed by atoms with Gasteiger partial charge >= 0.3 is 5.97 Å². The Bertz CT molecular complexity index is 480. The molecule has 1 aromatic rings. The number of hydrogen-bond acceptors (Lipinski definition) is 5. The molecule has 0 heterocycles. The van der Waals surface area contributed by atoms with Crippen LogP contribution in [-0.4, -0.2) is 45.8 Å². The van der Waals surface area contributed by atoms with E-state index in [0.29, 0.717) is 24.4 Å². The number of benzene rings is 1. The third kappa shape index (κ3) is 6.57. The molecule has 0 bridgehead atoms. The highest BCUT2D eigenvalue weighted by Gasteiger charge is 2.10. The molecule has 0 aliphatic heterocycles. The van der Waals surface area contributed by atoms with Crippen molar-refractivity contribution in [1.82, 2.24) is 5.32 Å². The lowest BCUT2D eigenvalue weighted by atomic mass is 10.1. The standard InChI is InChI=1S/C14H20N2O4.ClH/c1-10-4-5-11(14(18)20-3)8-12(10)16-13(17)9-15-6-7-19-2;/h4-5,8,15H,6-7,9H2,1-3H3,(H,16,17);1H. The van der Waals surface area contributed by atoms with Gasteiger partial charge in [-0.15, -0.1) is 12.4 Å². The van der Waals surface area contributed by atoms with Crippen LogP contribution in [0.25, 0.3) is 0 Å². The number of amides is 1.